The first-order valence-corrected chi connectivity index (χ1v) is 17.1. The van der Waals surface area contributed by atoms with Crippen molar-refractivity contribution in [3.8, 4) is 0 Å². The molecule has 0 aliphatic heterocycles. The molecular weight excluding hydrogens is 612 g/mol. The third-order valence-electron chi connectivity index (χ3n) is 9.37. The van der Waals surface area contributed by atoms with Crippen molar-refractivity contribution < 1.29 is 29.2 Å². The first kappa shape index (κ1) is 34.7. The van der Waals surface area contributed by atoms with Crippen LogP contribution in [0.25, 0.3) is 0 Å². The van der Waals surface area contributed by atoms with Crippen LogP contribution in [0, 0.1) is 5.92 Å². The Kier molecular flexibility index (Phi) is 12.4. The zero-order valence-electron chi connectivity index (χ0n) is 27.8. The molecule has 6 heteroatoms. The van der Waals surface area contributed by atoms with Crippen molar-refractivity contribution in [2.75, 3.05) is 6.61 Å². The highest BCUT2D eigenvalue weighted by atomic mass is 16.6. The lowest BCUT2D eigenvalue weighted by molar-refractivity contribution is -0.301. The molecule has 6 nitrogen and oxygen atoms in total. The molecule has 0 saturated heterocycles. The van der Waals surface area contributed by atoms with Crippen LogP contribution >= 0.6 is 0 Å². The van der Waals surface area contributed by atoms with Gasteiger partial charge in [-0.05, 0) is 34.2 Å². The van der Waals surface area contributed by atoms with Crippen LogP contribution in [0.4, 0.5) is 0 Å². The Morgan fingerprint density at radius 3 is 1.06 bits per heavy atom. The largest absolute Gasteiger partial charge is 0.396 e. The smallest absolute Gasteiger partial charge is 0.124 e. The van der Waals surface area contributed by atoms with Crippen molar-refractivity contribution >= 4 is 0 Å². The predicted octanol–water partition coefficient (Wildman–Crippen LogP) is 7.31. The van der Waals surface area contributed by atoms with Crippen LogP contribution in [-0.4, -0.2) is 46.8 Å². The highest BCUT2D eigenvalue weighted by Crippen LogP contribution is 2.44. The molecule has 0 aromatic heterocycles. The van der Waals surface area contributed by atoms with Gasteiger partial charge in [-0.25, -0.2) is 0 Å². The number of benzene rings is 5. The van der Waals surface area contributed by atoms with E-state index in [1.165, 1.54) is 0 Å². The molecule has 1 fully saturated rings. The van der Waals surface area contributed by atoms with Gasteiger partial charge in [-0.2, -0.15) is 0 Å². The minimum absolute atomic E-state index is 0.0142. The zero-order valence-corrected chi connectivity index (χ0v) is 27.8. The monoisotopic (exact) mass is 658 g/mol. The average molecular weight is 659 g/mol. The van der Waals surface area contributed by atoms with Gasteiger partial charge in [0.05, 0.1) is 38.6 Å². The first-order valence-electron chi connectivity index (χ1n) is 17.1. The van der Waals surface area contributed by atoms with E-state index in [1.807, 2.05) is 140 Å². The van der Waals surface area contributed by atoms with Gasteiger partial charge in [0, 0.05) is 18.9 Å². The van der Waals surface area contributed by atoms with Crippen LogP contribution in [-0.2, 0) is 51.8 Å². The molecule has 4 unspecified atom stereocenters. The maximum Gasteiger partial charge on any atom is 0.124 e. The van der Waals surface area contributed by atoms with Crippen LogP contribution in [0.3, 0.4) is 0 Å². The van der Waals surface area contributed by atoms with Crippen molar-refractivity contribution in [1.82, 2.24) is 0 Å². The molecule has 0 bridgehead atoms. The maximum atomic E-state index is 13.0. The van der Waals surface area contributed by atoms with Crippen LogP contribution in [0.5, 0.6) is 0 Å². The van der Waals surface area contributed by atoms with Gasteiger partial charge in [-0.1, -0.05) is 152 Å². The number of hydrogen-bond acceptors (Lipinski definition) is 6. The normalized spacial score (nSPS) is 23.7. The number of rotatable bonds is 16. The van der Waals surface area contributed by atoms with Crippen LogP contribution in [0.2, 0.25) is 0 Å². The Morgan fingerprint density at radius 2 is 0.735 bits per heavy atom. The van der Waals surface area contributed by atoms with E-state index in [0.29, 0.717) is 19.6 Å². The van der Waals surface area contributed by atoms with Crippen molar-refractivity contribution in [3.63, 3.8) is 0 Å². The summed E-state index contributed by atoms with van der Waals surface area (Å²) in [6.07, 6.45) is -2.31. The molecule has 0 spiro atoms. The Balaban J connectivity index is 1.44. The summed E-state index contributed by atoms with van der Waals surface area (Å²) in [5.41, 5.74) is 3.42. The summed E-state index contributed by atoms with van der Waals surface area (Å²) < 4.78 is 27.3. The first-order chi connectivity index (χ1) is 24.1. The third-order valence-corrected chi connectivity index (χ3v) is 9.37. The highest BCUT2D eigenvalue weighted by Gasteiger charge is 2.61. The van der Waals surface area contributed by atoms with E-state index >= 15 is 0 Å². The van der Waals surface area contributed by atoms with Gasteiger partial charge < -0.3 is 29.2 Å². The summed E-state index contributed by atoms with van der Waals surface area (Å²) in [7, 11) is 0. The minimum atomic E-state index is -1.66. The van der Waals surface area contributed by atoms with E-state index in [1.54, 1.807) is 0 Å². The van der Waals surface area contributed by atoms with Gasteiger partial charge in [-0.15, -0.1) is 0 Å². The number of aliphatic hydroxyl groups is 2. The van der Waals surface area contributed by atoms with Crippen molar-refractivity contribution in [2.24, 2.45) is 5.92 Å². The van der Waals surface area contributed by atoms with Crippen molar-refractivity contribution in [1.29, 1.82) is 0 Å². The fourth-order valence-electron chi connectivity index (χ4n) is 6.90. The molecule has 1 saturated carbocycles. The third kappa shape index (κ3) is 9.11. The molecule has 5 aromatic rings. The van der Waals surface area contributed by atoms with E-state index in [-0.39, 0.29) is 32.2 Å². The van der Waals surface area contributed by atoms with Gasteiger partial charge >= 0.3 is 0 Å². The van der Waals surface area contributed by atoms with Gasteiger partial charge in [-0.3, -0.25) is 0 Å². The molecule has 2 N–H and O–H groups in total. The summed E-state index contributed by atoms with van der Waals surface area (Å²) >= 11 is 0. The van der Waals surface area contributed by atoms with Crippen molar-refractivity contribution in [3.05, 3.63) is 179 Å². The maximum absolute atomic E-state index is 13.0. The van der Waals surface area contributed by atoms with E-state index in [9.17, 15) is 10.2 Å². The second-order valence-corrected chi connectivity index (χ2v) is 12.8. The van der Waals surface area contributed by atoms with E-state index in [0.717, 1.165) is 27.8 Å². The molecule has 4 atom stereocenters. The second kappa shape index (κ2) is 17.5. The summed E-state index contributed by atoms with van der Waals surface area (Å²) in [6.45, 7) is 0.871. The lowest BCUT2D eigenvalue weighted by atomic mass is 9.67. The average Bonchev–Trinajstić information content (AvgIpc) is 3.15. The molecule has 254 valence electrons. The lowest BCUT2D eigenvalue weighted by Gasteiger charge is -2.55. The quantitative estimate of drug-likeness (QED) is 0.116. The zero-order chi connectivity index (χ0) is 33.7. The molecule has 0 radical (unpaired) electrons. The molecule has 49 heavy (non-hydrogen) atoms. The molecule has 5 aromatic carbocycles. The van der Waals surface area contributed by atoms with E-state index in [4.69, 9.17) is 18.9 Å². The summed E-state index contributed by atoms with van der Waals surface area (Å²) in [4.78, 5) is 0. The van der Waals surface area contributed by atoms with Crippen molar-refractivity contribution in [2.45, 2.75) is 69.3 Å². The molecule has 1 aliphatic rings. The molecule has 0 heterocycles. The van der Waals surface area contributed by atoms with E-state index in [2.05, 4.69) is 12.1 Å². The fourth-order valence-corrected chi connectivity index (χ4v) is 6.90. The van der Waals surface area contributed by atoms with Gasteiger partial charge in [0.15, 0.2) is 0 Å². The molecule has 6 rings (SSSR count). The molecular formula is C43H46O6. The van der Waals surface area contributed by atoms with Crippen LogP contribution in [0.15, 0.2) is 152 Å². The predicted molar refractivity (Wildman–Crippen MR) is 190 cm³/mol. The summed E-state index contributed by atoms with van der Waals surface area (Å²) in [5.74, 6) is -0.282. The fraction of sp³-hybridized carbons (Fsp3) is 0.302. The number of aliphatic hydroxyl groups excluding tert-OH is 1. The van der Waals surface area contributed by atoms with Gasteiger partial charge in [0.2, 0.25) is 0 Å². The topological polar surface area (TPSA) is 77.4 Å². The van der Waals surface area contributed by atoms with Gasteiger partial charge in [0.25, 0.3) is 0 Å². The Labute approximate surface area is 289 Å². The Bertz CT molecular complexity index is 1540. The van der Waals surface area contributed by atoms with Gasteiger partial charge in [0.1, 0.15) is 17.8 Å². The Morgan fingerprint density at radius 1 is 0.429 bits per heavy atom. The minimum Gasteiger partial charge on any atom is -0.396 e. The SMILES string of the molecule is OCCC1(O)C(OCc2ccccc2)C(OCc2ccccc2)C(Cc2ccccc2)C(OCc2ccccc2)C1OCc1ccccc1. The summed E-state index contributed by atoms with van der Waals surface area (Å²) in [6, 6.07) is 50.2. The number of hydrogen-bond donors (Lipinski definition) is 2. The molecule has 1 aliphatic carbocycles. The second-order valence-electron chi connectivity index (χ2n) is 12.8. The number of ether oxygens (including phenoxy) is 4. The van der Waals surface area contributed by atoms with Crippen LogP contribution < -0.4 is 0 Å². The summed E-state index contributed by atoms with van der Waals surface area (Å²) in [5, 5.41) is 23.5. The standard InChI is InChI=1S/C43H46O6/c44-27-26-43(45)41(48-31-36-22-12-4-13-23-36)39(46-29-34-18-8-2-9-19-34)38(28-33-16-6-1-7-17-33)40(47-30-35-20-10-3-11-21-35)42(43)49-32-37-24-14-5-15-25-37/h1-25,38-42,44-45H,26-32H2. The van der Waals surface area contributed by atoms with E-state index < -0.39 is 30.0 Å². The Hall–Kier alpha value is -4.14. The highest BCUT2D eigenvalue weighted by molar-refractivity contribution is 5.22. The van der Waals surface area contributed by atoms with Crippen LogP contribution in [0.1, 0.15) is 34.2 Å². The lowest BCUT2D eigenvalue weighted by Crippen LogP contribution is -2.71. The molecule has 0 amide bonds.